The average molecular weight is 367 g/mol. The van der Waals surface area contributed by atoms with E-state index >= 15 is 0 Å². The fraction of sp³-hybridized carbons (Fsp3) is 0.286. The molecule has 0 N–H and O–H groups in total. The number of rotatable bonds is 5. The summed E-state index contributed by atoms with van der Waals surface area (Å²) >= 11 is 0. The topological polar surface area (TPSA) is 39.5 Å². The van der Waals surface area contributed by atoms with Gasteiger partial charge in [0, 0.05) is 37.0 Å². The maximum Gasteiger partial charge on any atom is 0.123 e. The van der Waals surface area contributed by atoms with Gasteiger partial charge in [0.2, 0.25) is 0 Å². The predicted molar refractivity (Wildman–Crippen MR) is 102 cm³/mol. The number of aromatic nitrogens is 2. The Morgan fingerprint density at radius 1 is 1.11 bits per heavy atom. The summed E-state index contributed by atoms with van der Waals surface area (Å²) in [5.41, 5.74) is 3.59. The SMILES string of the molecule is COc1ccc(-n2cc(CN3CCOCC3)c(-c3cccc(F)c3)n2)cc1. The van der Waals surface area contributed by atoms with Gasteiger partial charge in [0.1, 0.15) is 11.6 Å². The van der Waals surface area contributed by atoms with Crippen LogP contribution in [0.4, 0.5) is 4.39 Å². The second-order valence-corrected chi connectivity index (χ2v) is 6.54. The number of methoxy groups -OCH3 is 1. The van der Waals surface area contributed by atoms with Gasteiger partial charge in [-0.1, -0.05) is 12.1 Å². The van der Waals surface area contributed by atoms with Crippen molar-refractivity contribution in [3.63, 3.8) is 0 Å². The number of ether oxygens (including phenoxy) is 2. The van der Waals surface area contributed by atoms with Gasteiger partial charge in [0.05, 0.1) is 31.7 Å². The van der Waals surface area contributed by atoms with Crippen LogP contribution in [-0.2, 0) is 11.3 Å². The standard InChI is InChI=1S/C21H22FN3O2/c1-26-20-7-5-19(6-8-20)25-15-17(14-24-9-11-27-12-10-24)21(23-25)16-3-2-4-18(22)13-16/h2-8,13,15H,9-12,14H2,1H3. The van der Waals surface area contributed by atoms with Gasteiger partial charge in [-0.2, -0.15) is 5.10 Å². The number of benzene rings is 2. The molecule has 27 heavy (non-hydrogen) atoms. The molecule has 1 aromatic heterocycles. The van der Waals surface area contributed by atoms with E-state index in [0.29, 0.717) is 0 Å². The van der Waals surface area contributed by atoms with E-state index in [1.807, 2.05) is 41.2 Å². The van der Waals surface area contributed by atoms with Crippen LogP contribution in [-0.4, -0.2) is 48.1 Å². The van der Waals surface area contributed by atoms with E-state index in [1.54, 1.807) is 13.2 Å². The molecular weight excluding hydrogens is 345 g/mol. The first-order chi connectivity index (χ1) is 13.2. The van der Waals surface area contributed by atoms with Crippen molar-refractivity contribution in [1.82, 2.24) is 14.7 Å². The second-order valence-electron chi connectivity index (χ2n) is 6.54. The van der Waals surface area contributed by atoms with Crippen molar-refractivity contribution in [3.8, 4) is 22.7 Å². The molecule has 0 bridgehead atoms. The normalized spacial score (nSPS) is 15.0. The molecule has 1 aliphatic heterocycles. The van der Waals surface area contributed by atoms with Gasteiger partial charge >= 0.3 is 0 Å². The van der Waals surface area contributed by atoms with Crippen molar-refractivity contribution in [2.75, 3.05) is 33.4 Å². The smallest absolute Gasteiger partial charge is 0.123 e. The molecule has 0 atom stereocenters. The first kappa shape index (κ1) is 17.7. The Balaban J connectivity index is 1.71. The van der Waals surface area contributed by atoms with E-state index in [1.165, 1.54) is 12.1 Å². The summed E-state index contributed by atoms with van der Waals surface area (Å²) in [5, 5.41) is 4.76. The van der Waals surface area contributed by atoms with E-state index in [2.05, 4.69) is 4.90 Å². The molecule has 1 aliphatic rings. The molecule has 2 aromatic carbocycles. The van der Waals surface area contributed by atoms with Crippen molar-refractivity contribution in [1.29, 1.82) is 0 Å². The predicted octanol–water partition coefficient (Wildman–Crippen LogP) is 3.52. The molecule has 1 fully saturated rings. The van der Waals surface area contributed by atoms with Gasteiger partial charge in [0.15, 0.2) is 0 Å². The van der Waals surface area contributed by atoms with E-state index in [-0.39, 0.29) is 5.82 Å². The number of hydrogen-bond donors (Lipinski definition) is 0. The molecule has 0 radical (unpaired) electrons. The first-order valence-electron chi connectivity index (χ1n) is 9.02. The summed E-state index contributed by atoms with van der Waals surface area (Å²) in [6.45, 7) is 4.00. The van der Waals surface area contributed by atoms with Crippen molar-refractivity contribution in [3.05, 3.63) is 66.1 Å². The van der Waals surface area contributed by atoms with Crippen molar-refractivity contribution < 1.29 is 13.9 Å². The Hall–Kier alpha value is -2.70. The number of halogens is 1. The van der Waals surface area contributed by atoms with E-state index in [0.717, 1.165) is 61.1 Å². The largest absolute Gasteiger partial charge is 0.497 e. The maximum atomic E-state index is 13.8. The molecule has 5 nitrogen and oxygen atoms in total. The summed E-state index contributed by atoms with van der Waals surface area (Å²) in [5.74, 6) is 0.536. The van der Waals surface area contributed by atoms with E-state index in [9.17, 15) is 4.39 Å². The van der Waals surface area contributed by atoms with Crippen LogP contribution in [0.15, 0.2) is 54.7 Å². The molecule has 0 saturated carbocycles. The summed E-state index contributed by atoms with van der Waals surface area (Å²) in [6, 6.07) is 14.3. The molecule has 2 heterocycles. The van der Waals surface area contributed by atoms with Crippen LogP contribution in [0, 0.1) is 5.82 Å². The van der Waals surface area contributed by atoms with Crippen LogP contribution >= 0.6 is 0 Å². The van der Waals surface area contributed by atoms with Crippen molar-refractivity contribution in [2.45, 2.75) is 6.54 Å². The fourth-order valence-electron chi connectivity index (χ4n) is 3.27. The molecule has 0 amide bonds. The third-order valence-corrected chi connectivity index (χ3v) is 4.72. The van der Waals surface area contributed by atoms with Crippen molar-refractivity contribution >= 4 is 0 Å². The maximum absolute atomic E-state index is 13.8. The van der Waals surface area contributed by atoms with Gasteiger partial charge in [0.25, 0.3) is 0 Å². The lowest BCUT2D eigenvalue weighted by atomic mass is 10.1. The minimum Gasteiger partial charge on any atom is -0.497 e. The fourth-order valence-corrected chi connectivity index (χ4v) is 3.27. The third-order valence-electron chi connectivity index (χ3n) is 4.72. The number of morpholine rings is 1. The monoisotopic (exact) mass is 367 g/mol. The molecule has 6 heteroatoms. The van der Waals surface area contributed by atoms with Gasteiger partial charge in [-0.25, -0.2) is 9.07 Å². The van der Waals surface area contributed by atoms with Crippen LogP contribution in [0.5, 0.6) is 5.75 Å². The van der Waals surface area contributed by atoms with Gasteiger partial charge in [-0.05, 0) is 36.4 Å². The summed E-state index contributed by atoms with van der Waals surface area (Å²) < 4.78 is 26.3. The molecule has 0 unspecified atom stereocenters. The Morgan fingerprint density at radius 3 is 2.59 bits per heavy atom. The van der Waals surface area contributed by atoms with Crippen molar-refractivity contribution in [2.24, 2.45) is 0 Å². The zero-order valence-electron chi connectivity index (χ0n) is 15.3. The van der Waals surface area contributed by atoms with Gasteiger partial charge < -0.3 is 9.47 Å². The lowest BCUT2D eigenvalue weighted by Crippen LogP contribution is -2.35. The summed E-state index contributed by atoms with van der Waals surface area (Å²) in [4.78, 5) is 2.33. The lowest BCUT2D eigenvalue weighted by molar-refractivity contribution is 0.0342. The molecule has 140 valence electrons. The minimum absolute atomic E-state index is 0.260. The molecule has 3 aromatic rings. The Bertz CT molecular complexity index is 902. The molecule has 1 saturated heterocycles. The molecule has 0 spiro atoms. The third kappa shape index (κ3) is 4.02. The summed E-state index contributed by atoms with van der Waals surface area (Å²) in [6.07, 6.45) is 2.03. The highest BCUT2D eigenvalue weighted by molar-refractivity contribution is 5.63. The second kappa shape index (κ2) is 7.90. The molecule has 4 rings (SSSR count). The zero-order valence-corrected chi connectivity index (χ0v) is 15.3. The van der Waals surface area contributed by atoms with E-state index in [4.69, 9.17) is 14.6 Å². The minimum atomic E-state index is -0.260. The lowest BCUT2D eigenvalue weighted by Gasteiger charge is -2.26. The highest BCUT2D eigenvalue weighted by Gasteiger charge is 2.18. The first-order valence-corrected chi connectivity index (χ1v) is 9.02. The van der Waals surface area contributed by atoms with Crippen LogP contribution in [0.2, 0.25) is 0 Å². The van der Waals surface area contributed by atoms with E-state index < -0.39 is 0 Å². The van der Waals surface area contributed by atoms with Gasteiger partial charge in [-0.3, -0.25) is 4.90 Å². The quantitative estimate of drug-likeness (QED) is 0.692. The zero-order chi connectivity index (χ0) is 18.6. The number of nitrogens with zero attached hydrogens (tertiary/aromatic N) is 3. The van der Waals surface area contributed by atoms with Crippen LogP contribution in [0.3, 0.4) is 0 Å². The van der Waals surface area contributed by atoms with Crippen LogP contribution in [0.25, 0.3) is 16.9 Å². The highest BCUT2D eigenvalue weighted by atomic mass is 19.1. The Morgan fingerprint density at radius 2 is 1.89 bits per heavy atom. The van der Waals surface area contributed by atoms with Gasteiger partial charge in [-0.15, -0.1) is 0 Å². The Kier molecular flexibility index (Phi) is 5.18. The molecular formula is C21H22FN3O2. The number of hydrogen-bond acceptors (Lipinski definition) is 4. The average Bonchev–Trinajstić information content (AvgIpc) is 3.12. The Labute approximate surface area is 157 Å². The molecule has 0 aliphatic carbocycles. The van der Waals surface area contributed by atoms with Crippen LogP contribution in [0.1, 0.15) is 5.56 Å². The van der Waals surface area contributed by atoms with Crippen LogP contribution < -0.4 is 4.74 Å². The summed E-state index contributed by atoms with van der Waals surface area (Å²) in [7, 11) is 1.64. The highest BCUT2D eigenvalue weighted by Crippen LogP contribution is 2.26.